The third kappa shape index (κ3) is 4.83. The molecular weight excluding hydrogens is 234 g/mol. The van der Waals surface area contributed by atoms with E-state index in [1.807, 2.05) is 13.8 Å². The molecule has 6 heteroatoms. The van der Waals surface area contributed by atoms with Crippen molar-refractivity contribution in [3.8, 4) is 0 Å². The molecule has 18 heavy (non-hydrogen) atoms. The van der Waals surface area contributed by atoms with Gasteiger partial charge in [0.1, 0.15) is 0 Å². The highest BCUT2D eigenvalue weighted by Gasteiger charge is 2.17. The van der Waals surface area contributed by atoms with Crippen molar-refractivity contribution >= 4 is 5.97 Å². The van der Waals surface area contributed by atoms with E-state index in [9.17, 15) is 4.79 Å². The molecule has 102 valence electrons. The van der Waals surface area contributed by atoms with Crippen LogP contribution in [-0.2, 0) is 17.8 Å². The summed E-state index contributed by atoms with van der Waals surface area (Å²) >= 11 is 0. The minimum Gasteiger partial charge on any atom is -0.480 e. The lowest BCUT2D eigenvalue weighted by Crippen LogP contribution is -2.35. The van der Waals surface area contributed by atoms with Crippen LogP contribution in [0.2, 0.25) is 0 Å². The molecule has 1 aromatic heterocycles. The van der Waals surface area contributed by atoms with Gasteiger partial charge in [-0.2, -0.15) is 4.98 Å². The second kappa shape index (κ2) is 6.49. The molecule has 1 heterocycles. The molecule has 1 aromatic rings. The number of hydrogen-bond donors (Lipinski definition) is 1. The SMILES string of the molecule is CC(C)Cc1noc(CN(CC(=O)O)C(C)C)n1. The lowest BCUT2D eigenvalue weighted by Gasteiger charge is -2.22. The molecule has 0 spiro atoms. The van der Waals surface area contributed by atoms with E-state index in [-0.39, 0.29) is 12.6 Å². The van der Waals surface area contributed by atoms with E-state index in [0.717, 1.165) is 6.42 Å². The van der Waals surface area contributed by atoms with Crippen LogP contribution in [0.3, 0.4) is 0 Å². The second-order valence-electron chi connectivity index (χ2n) is 5.09. The summed E-state index contributed by atoms with van der Waals surface area (Å²) in [7, 11) is 0. The Morgan fingerprint density at radius 2 is 2.06 bits per heavy atom. The standard InChI is InChI=1S/C12H21N3O3/c1-8(2)5-10-13-11(18-14-10)6-15(9(3)4)7-12(16)17/h8-9H,5-7H2,1-4H3,(H,16,17). The van der Waals surface area contributed by atoms with Crippen LogP contribution >= 0.6 is 0 Å². The first-order chi connectivity index (χ1) is 8.38. The van der Waals surface area contributed by atoms with Gasteiger partial charge >= 0.3 is 5.97 Å². The molecule has 0 aliphatic heterocycles. The minimum absolute atomic E-state index is 0.0282. The molecule has 0 saturated carbocycles. The summed E-state index contributed by atoms with van der Waals surface area (Å²) in [6.45, 7) is 8.39. The summed E-state index contributed by atoms with van der Waals surface area (Å²) in [5.74, 6) is 0.765. The van der Waals surface area contributed by atoms with E-state index in [0.29, 0.717) is 24.2 Å². The Morgan fingerprint density at radius 1 is 1.39 bits per heavy atom. The highest BCUT2D eigenvalue weighted by atomic mass is 16.5. The third-order valence-electron chi connectivity index (χ3n) is 2.51. The summed E-state index contributed by atoms with van der Waals surface area (Å²) in [5.41, 5.74) is 0. The fourth-order valence-electron chi connectivity index (χ4n) is 1.57. The van der Waals surface area contributed by atoms with Gasteiger partial charge in [0.15, 0.2) is 5.82 Å². The number of nitrogens with zero attached hydrogens (tertiary/aromatic N) is 3. The van der Waals surface area contributed by atoms with E-state index in [2.05, 4.69) is 24.0 Å². The summed E-state index contributed by atoms with van der Waals surface area (Å²) in [5, 5.41) is 12.7. The quantitative estimate of drug-likeness (QED) is 0.796. The van der Waals surface area contributed by atoms with Crippen LogP contribution in [0.25, 0.3) is 0 Å². The van der Waals surface area contributed by atoms with Gasteiger partial charge in [0.25, 0.3) is 0 Å². The van der Waals surface area contributed by atoms with Crippen LogP contribution < -0.4 is 0 Å². The van der Waals surface area contributed by atoms with E-state index in [4.69, 9.17) is 9.63 Å². The molecule has 0 amide bonds. The first kappa shape index (κ1) is 14.6. The second-order valence-corrected chi connectivity index (χ2v) is 5.09. The largest absolute Gasteiger partial charge is 0.480 e. The van der Waals surface area contributed by atoms with Gasteiger partial charge in [-0.25, -0.2) is 0 Å². The van der Waals surface area contributed by atoms with Crippen molar-refractivity contribution in [2.45, 2.75) is 46.7 Å². The number of aliphatic carboxylic acids is 1. The predicted octanol–water partition coefficient (Wildman–Crippen LogP) is 1.56. The number of aromatic nitrogens is 2. The molecule has 1 N–H and O–H groups in total. The third-order valence-corrected chi connectivity index (χ3v) is 2.51. The zero-order valence-electron chi connectivity index (χ0n) is 11.4. The molecule has 0 aliphatic rings. The minimum atomic E-state index is -0.856. The number of carboxylic acid groups (broad SMARTS) is 1. The Labute approximate surface area is 107 Å². The first-order valence-electron chi connectivity index (χ1n) is 6.15. The van der Waals surface area contributed by atoms with Crippen molar-refractivity contribution in [2.24, 2.45) is 5.92 Å². The fraction of sp³-hybridized carbons (Fsp3) is 0.750. The Morgan fingerprint density at radius 3 is 2.56 bits per heavy atom. The molecular formula is C12H21N3O3. The number of carbonyl (C=O) groups is 1. The van der Waals surface area contributed by atoms with Crippen LogP contribution in [0.4, 0.5) is 0 Å². The van der Waals surface area contributed by atoms with Gasteiger partial charge in [0.05, 0.1) is 13.1 Å². The van der Waals surface area contributed by atoms with Gasteiger partial charge in [0.2, 0.25) is 5.89 Å². The average Bonchev–Trinajstić information content (AvgIpc) is 2.62. The van der Waals surface area contributed by atoms with Crippen molar-refractivity contribution in [1.29, 1.82) is 0 Å². The normalized spacial score (nSPS) is 11.7. The number of hydrogen-bond acceptors (Lipinski definition) is 5. The highest BCUT2D eigenvalue weighted by molar-refractivity contribution is 5.69. The van der Waals surface area contributed by atoms with Gasteiger partial charge in [0, 0.05) is 12.5 Å². The van der Waals surface area contributed by atoms with Crippen LogP contribution in [0.5, 0.6) is 0 Å². The van der Waals surface area contributed by atoms with Crippen molar-refractivity contribution in [1.82, 2.24) is 15.0 Å². The van der Waals surface area contributed by atoms with E-state index >= 15 is 0 Å². The van der Waals surface area contributed by atoms with Crippen LogP contribution in [0.15, 0.2) is 4.52 Å². The summed E-state index contributed by atoms with van der Waals surface area (Å²) < 4.78 is 5.13. The maximum absolute atomic E-state index is 10.7. The predicted molar refractivity (Wildman–Crippen MR) is 66.0 cm³/mol. The molecule has 0 atom stereocenters. The van der Waals surface area contributed by atoms with Gasteiger partial charge in [-0.1, -0.05) is 19.0 Å². The molecule has 0 aliphatic carbocycles. The smallest absolute Gasteiger partial charge is 0.317 e. The Kier molecular flexibility index (Phi) is 5.27. The van der Waals surface area contributed by atoms with Crippen molar-refractivity contribution in [3.05, 3.63) is 11.7 Å². The molecule has 1 rings (SSSR count). The molecule has 0 aromatic carbocycles. The zero-order valence-corrected chi connectivity index (χ0v) is 11.4. The van der Waals surface area contributed by atoms with Gasteiger partial charge < -0.3 is 9.63 Å². The van der Waals surface area contributed by atoms with Crippen molar-refractivity contribution in [3.63, 3.8) is 0 Å². The van der Waals surface area contributed by atoms with Crippen LogP contribution in [0.1, 0.15) is 39.4 Å². The first-order valence-corrected chi connectivity index (χ1v) is 6.15. The Bertz CT molecular complexity index is 388. The topological polar surface area (TPSA) is 79.5 Å². The summed E-state index contributed by atoms with van der Waals surface area (Å²) in [4.78, 5) is 16.8. The average molecular weight is 255 g/mol. The van der Waals surface area contributed by atoms with E-state index in [1.165, 1.54) is 0 Å². The van der Waals surface area contributed by atoms with Crippen LogP contribution in [0, 0.1) is 5.92 Å². The Hall–Kier alpha value is -1.43. The summed E-state index contributed by atoms with van der Waals surface area (Å²) in [6, 6.07) is 0.113. The molecule has 0 unspecified atom stereocenters. The highest BCUT2D eigenvalue weighted by Crippen LogP contribution is 2.09. The van der Waals surface area contributed by atoms with Crippen LogP contribution in [-0.4, -0.2) is 38.7 Å². The van der Waals surface area contributed by atoms with Crippen molar-refractivity contribution in [2.75, 3.05) is 6.54 Å². The molecule has 0 bridgehead atoms. The Balaban J connectivity index is 2.63. The van der Waals surface area contributed by atoms with Crippen molar-refractivity contribution < 1.29 is 14.4 Å². The molecule has 0 fully saturated rings. The summed E-state index contributed by atoms with van der Waals surface area (Å²) in [6.07, 6.45) is 0.768. The zero-order chi connectivity index (χ0) is 13.7. The monoisotopic (exact) mass is 255 g/mol. The van der Waals surface area contributed by atoms with Gasteiger partial charge in [-0.05, 0) is 19.8 Å². The number of carboxylic acids is 1. The van der Waals surface area contributed by atoms with E-state index < -0.39 is 5.97 Å². The maximum Gasteiger partial charge on any atom is 0.317 e. The molecule has 6 nitrogen and oxygen atoms in total. The molecule has 0 radical (unpaired) electrons. The lowest BCUT2D eigenvalue weighted by atomic mass is 10.1. The maximum atomic E-state index is 10.7. The van der Waals surface area contributed by atoms with Gasteiger partial charge in [-0.15, -0.1) is 0 Å². The van der Waals surface area contributed by atoms with Gasteiger partial charge in [-0.3, -0.25) is 9.69 Å². The number of rotatable bonds is 7. The van der Waals surface area contributed by atoms with E-state index in [1.54, 1.807) is 4.90 Å². The molecule has 0 saturated heterocycles. The lowest BCUT2D eigenvalue weighted by molar-refractivity contribution is -0.139. The fourth-order valence-corrected chi connectivity index (χ4v) is 1.57.